The summed E-state index contributed by atoms with van der Waals surface area (Å²) >= 11 is 0. The highest BCUT2D eigenvalue weighted by molar-refractivity contribution is 6.04. The highest BCUT2D eigenvalue weighted by atomic mass is 19.4. The molecule has 1 heterocycles. The molecule has 7 heteroatoms. The quantitative estimate of drug-likeness (QED) is 0.907. The second-order valence-corrected chi connectivity index (χ2v) is 6.05. The third-order valence-corrected chi connectivity index (χ3v) is 3.15. The highest BCUT2D eigenvalue weighted by Gasteiger charge is 2.34. The van der Waals surface area contributed by atoms with Gasteiger partial charge in [0.2, 0.25) is 0 Å². The number of alkyl halides is 3. The lowest BCUT2D eigenvalue weighted by Gasteiger charge is -2.17. The fraction of sp³-hybridized carbons (Fsp3) is 0.312. The number of aromatic nitrogens is 2. The largest absolute Gasteiger partial charge is 0.417 e. The Balaban J connectivity index is 2.24. The zero-order valence-corrected chi connectivity index (χ0v) is 12.9. The van der Waals surface area contributed by atoms with E-state index in [1.807, 2.05) is 20.8 Å². The number of nitrogens with one attached hydrogen (secondary N) is 1. The molecule has 0 bridgehead atoms. The normalized spacial score (nSPS) is 12.1. The van der Waals surface area contributed by atoms with Crippen molar-refractivity contribution in [1.82, 2.24) is 10.2 Å². The van der Waals surface area contributed by atoms with Crippen molar-refractivity contribution in [3.63, 3.8) is 0 Å². The minimum Gasteiger partial charge on any atom is -0.305 e. The number of anilines is 1. The SMILES string of the molecule is CC(C)(C)c1ccc(NC(=O)c2ccccc2C(F)(F)F)nn1. The molecule has 0 spiro atoms. The highest BCUT2D eigenvalue weighted by Crippen LogP contribution is 2.32. The predicted octanol–water partition coefficient (Wildman–Crippen LogP) is 4.05. The molecule has 0 radical (unpaired) electrons. The minimum atomic E-state index is -4.60. The van der Waals surface area contributed by atoms with Crippen molar-refractivity contribution in [1.29, 1.82) is 0 Å². The van der Waals surface area contributed by atoms with Gasteiger partial charge < -0.3 is 5.32 Å². The van der Waals surface area contributed by atoms with Gasteiger partial charge in [-0.1, -0.05) is 32.9 Å². The van der Waals surface area contributed by atoms with Gasteiger partial charge in [-0.05, 0) is 24.3 Å². The number of nitrogens with zero attached hydrogens (tertiary/aromatic N) is 2. The fourth-order valence-corrected chi connectivity index (χ4v) is 1.91. The summed E-state index contributed by atoms with van der Waals surface area (Å²) in [5.74, 6) is -0.782. The van der Waals surface area contributed by atoms with Gasteiger partial charge in [-0.2, -0.15) is 18.3 Å². The van der Waals surface area contributed by atoms with Crippen LogP contribution in [0.15, 0.2) is 36.4 Å². The number of halogens is 3. The molecule has 122 valence electrons. The van der Waals surface area contributed by atoms with E-state index in [1.165, 1.54) is 18.2 Å². The van der Waals surface area contributed by atoms with E-state index in [1.54, 1.807) is 6.07 Å². The monoisotopic (exact) mass is 323 g/mol. The Labute approximate surface area is 131 Å². The average Bonchev–Trinajstić information content (AvgIpc) is 2.46. The molecule has 4 nitrogen and oxygen atoms in total. The van der Waals surface area contributed by atoms with Gasteiger partial charge in [0.25, 0.3) is 5.91 Å². The number of carbonyl (C=O) groups excluding carboxylic acids is 1. The molecule has 2 rings (SSSR count). The first-order valence-electron chi connectivity index (χ1n) is 6.91. The molecule has 0 aliphatic rings. The van der Waals surface area contributed by atoms with Gasteiger partial charge in [0.1, 0.15) is 0 Å². The second-order valence-electron chi connectivity index (χ2n) is 6.05. The fourth-order valence-electron chi connectivity index (χ4n) is 1.91. The summed E-state index contributed by atoms with van der Waals surface area (Å²) in [7, 11) is 0. The van der Waals surface area contributed by atoms with E-state index in [0.717, 1.165) is 12.1 Å². The zero-order chi connectivity index (χ0) is 17.3. The van der Waals surface area contributed by atoms with Crippen molar-refractivity contribution in [2.75, 3.05) is 5.32 Å². The van der Waals surface area contributed by atoms with E-state index < -0.39 is 23.2 Å². The van der Waals surface area contributed by atoms with Gasteiger partial charge >= 0.3 is 6.18 Å². The van der Waals surface area contributed by atoms with Crippen molar-refractivity contribution < 1.29 is 18.0 Å². The van der Waals surface area contributed by atoms with Crippen LogP contribution in [0.3, 0.4) is 0 Å². The first-order valence-corrected chi connectivity index (χ1v) is 6.91. The molecule has 1 N–H and O–H groups in total. The van der Waals surface area contributed by atoms with E-state index in [4.69, 9.17) is 0 Å². The van der Waals surface area contributed by atoms with Gasteiger partial charge in [0.15, 0.2) is 5.82 Å². The van der Waals surface area contributed by atoms with E-state index >= 15 is 0 Å². The van der Waals surface area contributed by atoms with Crippen LogP contribution in [0, 0.1) is 0 Å². The number of amides is 1. The molecule has 0 atom stereocenters. The molecular formula is C16H16F3N3O. The summed E-state index contributed by atoms with van der Waals surface area (Å²) in [4.78, 5) is 12.1. The Kier molecular flexibility index (Phi) is 4.40. The number of carbonyl (C=O) groups is 1. The van der Waals surface area contributed by atoms with Gasteiger partial charge in [0, 0.05) is 5.41 Å². The van der Waals surface area contributed by atoms with Crippen LogP contribution in [-0.4, -0.2) is 16.1 Å². The molecular weight excluding hydrogens is 307 g/mol. The van der Waals surface area contributed by atoms with E-state index in [9.17, 15) is 18.0 Å². The summed E-state index contributed by atoms with van der Waals surface area (Å²) in [6, 6.07) is 7.79. The van der Waals surface area contributed by atoms with Crippen molar-refractivity contribution in [3.05, 3.63) is 53.2 Å². The lowest BCUT2D eigenvalue weighted by molar-refractivity contribution is -0.137. The third kappa shape index (κ3) is 4.06. The van der Waals surface area contributed by atoms with Crippen LogP contribution < -0.4 is 5.32 Å². The lowest BCUT2D eigenvalue weighted by atomic mass is 9.92. The lowest BCUT2D eigenvalue weighted by Crippen LogP contribution is -2.20. The maximum absolute atomic E-state index is 12.9. The van der Waals surface area contributed by atoms with Crippen LogP contribution in [0.4, 0.5) is 19.0 Å². The molecule has 0 aliphatic heterocycles. The smallest absolute Gasteiger partial charge is 0.305 e. The van der Waals surface area contributed by atoms with Gasteiger partial charge in [0.05, 0.1) is 16.8 Å². The van der Waals surface area contributed by atoms with Crippen molar-refractivity contribution >= 4 is 11.7 Å². The Bertz CT molecular complexity index is 704. The Hall–Kier alpha value is -2.44. The second kappa shape index (κ2) is 5.98. The Morgan fingerprint density at radius 1 is 1.00 bits per heavy atom. The molecule has 0 unspecified atom stereocenters. The molecule has 1 amide bonds. The van der Waals surface area contributed by atoms with E-state index in [0.29, 0.717) is 5.69 Å². The van der Waals surface area contributed by atoms with Crippen LogP contribution in [0.1, 0.15) is 42.4 Å². The zero-order valence-electron chi connectivity index (χ0n) is 12.9. The van der Waals surface area contributed by atoms with Crippen molar-refractivity contribution in [3.8, 4) is 0 Å². The van der Waals surface area contributed by atoms with Crippen molar-refractivity contribution in [2.45, 2.75) is 32.4 Å². The van der Waals surface area contributed by atoms with Crippen molar-refractivity contribution in [2.24, 2.45) is 0 Å². The summed E-state index contributed by atoms with van der Waals surface area (Å²) in [5.41, 5.74) is -0.942. The topological polar surface area (TPSA) is 54.9 Å². The molecule has 1 aromatic carbocycles. The van der Waals surface area contributed by atoms with Gasteiger partial charge in [-0.25, -0.2) is 0 Å². The molecule has 2 aromatic rings. The molecule has 0 saturated heterocycles. The minimum absolute atomic E-state index is 0.0972. The summed E-state index contributed by atoms with van der Waals surface area (Å²) in [5, 5.41) is 10.2. The first kappa shape index (κ1) is 16.9. The third-order valence-electron chi connectivity index (χ3n) is 3.15. The summed E-state index contributed by atoms with van der Waals surface area (Å²) in [6.07, 6.45) is -4.60. The predicted molar refractivity (Wildman–Crippen MR) is 80.1 cm³/mol. The Morgan fingerprint density at radius 2 is 1.65 bits per heavy atom. The molecule has 0 aliphatic carbocycles. The number of rotatable bonds is 2. The number of benzene rings is 1. The first-order chi connectivity index (χ1) is 10.6. The standard InChI is InChI=1S/C16H16F3N3O/c1-15(2,3)12-8-9-13(22-21-12)20-14(23)10-6-4-5-7-11(10)16(17,18)19/h4-9H,1-3H3,(H,20,22,23). The number of hydrogen-bond donors (Lipinski definition) is 1. The van der Waals surface area contributed by atoms with Crippen LogP contribution >= 0.6 is 0 Å². The van der Waals surface area contributed by atoms with Gasteiger partial charge in [-0.15, -0.1) is 5.10 Å². The molecule has 0 saturated carbocycles. The molecule has 1 aromatic heterocycles. The average molecular weight is 323 g/mol. The maximum Gasteiger partial charge on any atom is 0.417 e. The Morgan fingerprint density at radius 3 is 2.17 bits per heavy atom. The molecule has 0 fully saturated rings. The maximum atomic E-state index is 12.9. The summed E-state index contributed by atoms with van der Waals surface area (Å²) < 4.78 is 38.8. The number of hydrogen-bond acceptors (Lipinski definition) is 3. The van der Waals surface area contributed by atoms with Crippen LogP contribution in [0.2, 0.25) is 0 Å². The van der Waals surface area contributed by atoms with Crippen LogP contribution in [-0.2, 0) is 11.6 Å². The van der Waals surface area contributed by atoms with Crippen LogP contribution in [0.25, 0.3) is 0 Å². The molecule has 23 heavy (non-hydrogen) atoms. The van der Waals surface area contributed by atoms with Gasteiger partial charge in [-0.3, -0.25) is 4.79 Å². The van der Waals surface area contributed by atoms with E-state index in [-0.39, 0.29) is 11.2 Å². The van der Waals surface area contributed by atoms with Crippen LogP contribution in [0.5, 0.6) is 0 Å². The summed E-state index contributed by atoms with van der Waals surface area (Å²) in [6.45, 7) is 5.86. The van der Waals surface area contributed by atoms with E-state index in [2.05, 4.69) is 15.5 Å².